The Bertz CT molecular complexity index is 840. The van der Waals surface area contributed by atoms with Crippen molar-refractivity contribution in [1.82, 2.24) is 9.55 Å². The van der Waals surface area contributed by atoms with E-state index in [0.29, 0.717) is 12.8 Å². The van der Waals surface area contributed by atoms with Crippen molar-refractivity contribution in [3.05, 3.63) is 65.6 Å². The summed E-state index contributed by atoms with van der Waals surface area (Å²) in [6.45, 7) is 3.61. The van der Waals surface area contributed by atoms with Crippen molar-refractivity contribution in [2.75, 3.05) is 7.11 Å². The van der Waals surface area contributed by atoms with Gasteiger partial charge < -0.3 is 9.30 Å². The first-order valence-electron chi connectivity index (χ1n) is 9.01. The highest BCUT2D eigenvalue weighted by Crippen LogP contribution is 2.50. The molecule has 0 saturated heterocycles. The number of alkyl halides is 1. The van der Waals surface area contributed by atoms with Gasteiger partial charge in [0, 0.05) is 35.7 Å². The van der Waals surface area contributed by atoms with Gasteiger partial charge in [0.25, 0.3) is 0 Å². The summed E-state index contributed by atoms with van der Waals surface area (Å²) in [6.07, 6.45) is 8.59. The monoisotopic (exact) mass is 392 g/mol. The standard InChI is InChI=1S/C21H23ClF2N2O/c1-3-18(17-8-7-16(22)13-19(17)23)21(24,14-26-12-11-25-15-26)20(27-2)9-5-4-6-10-20/h7-8,11-13,15H,1,4-6,9-10,14H2,2H3. The molecular formula is C21H23ClF2N2O. The molecule has 0 bridgehead atoms. The minimum atomic E-state index is -2.04. The fraction of sp³-hybridized carbons (Fsp3) is 0.429. The van der Waals surface area contributed by atoms with Crippen molar-refractivity contribution in [3.63, 3.8) is 0 Å². The lowest BCUT2D eigenvalue weighted by molar-refractivity contribution is -0.128. The Morgan fingerprint density at radius 3 is 2.70 bits per heavy atom. The minimum Gasteiger partial charge on any atom is -0.374 e. The van der Waals surface area contributed by atoms with Crippen LogP contribution >= 0.6 is 11.6 Å². The molecule has 0 spiro atoms. The van der Waals surface area contributed by atoms with Crippen molar-refractivity contribution < 1.29 is 13.5 Å². The third kappa shape index (κ3) is 3.60. The SMILES string of the molecule is C=C=C(c1ccc(Cl)cc1F)C(F)(Cn1ccnc1)C1(OC)CCCCC1. The Labute approximate surface area is 163 Å². The number of rotatable bonds is 6. The van der Waals surface area contributed by atoms with Gasteiger partial charge in [0.15, 0.2) is 5.67 Å². The number of methoxy groups -OCH3 is 1. The van der Waals surface area contributed by atoms with Gasteiger partial charge in [-0.25, -0.2) is 13.8 Å². The smallest absolute Gasteiger partial charge is 0.190 e. The van der Waals surface area contributed by atoms with Crippen LogP contribution in [0, 0.1) is 5.82 Å². The highest BCUT2D eigenvalue weighted by molar-refractivity contribution is 6.30. The van der Waals surface area contributed by atoms with Crippen LogP contribution in [0.2, 0.25) is 5.02 Å². The first kappa shape index (κ1) is 19.8. The summed E-state index contributed by atoms with van der Waals surface area (Å²) >= 11 is 5.88. The van der Waals surface area contributed by atoms with Gasteiger partial charge in [-0.15, -0.1) is 5.73 Å². The highest BCUT2D eigenvalue weighted by atomic mass is 35.5. The van der Waals surface area contributed by atoms with Crippen LogP contribution in [0.15, 0.2) is 49.2 Å². The van der Waals surface area contributed by atoms with E-state index in [9.17, 15) is 4.39 Å². The minimum absolute atomic E-state index is 0.0501. The Kier molecular flexibility index (Phi) is 5.85. The van der Waals surface area contributed by atoms with E-state index in [4.69, 9.17) is 16.3 Å². The molecule has 0 N–H and O–H groups in total. The summed E-state index contributed by atoms with van der Waals surface area (Å²) in [4.78, 5) is 4.01. The number of nitrogens with zero attached hydrogens (tertiary/aromatic N) is 2. The largest absolute Gasteiger partial charge is 0.374 e. The summed E-state index contributed by atoms with van der Waals surface area (Å²) in [6, 6.07) is 4.18. The van der Waals surface area contributed by atoms with Gasteiger partial charge in [0.05, 0.1) is 12.9 Å². The summed E-state index contributed by atoms with van der Waals surface area (Å²) in [7, 11) is 1.52. The number of halogens is 3. The van der Waals surface area contributed by atoms with E-state index in [1.165, 1.54) is 25.3 Å². The maximum Gasteiger partial charge on any atom is 0.190 e. The quantitative estimate of drug-likeness (QED) is 0.598. The van der Waals surface area contributed by atoms with Gasteiger partial charge in [0.1, 0.15) is 11.4 Å². The number of ether oxygens (including phenoxy) is 1. The lowest BCUT2D eigenvalue weighted by atomic mass is 9.68. The van der Waals surface area contributed by atoms with Crippen LogP contribution < -0.4 is 0 Å². The zero-order valence-electron chi connectivity index (χ0n) is 15.4. The van der Waals surface area contributed by atoms with Crippen LogP contribution in [0.25, 0.3) is 5.57 Å². The zero-order valence-corrected chi connectivity index (χ0v) is 16.1. The average molecular weight is 393 g/mol. The van der Waals surface area contributed by atoms with Crippen molar-refractivity contribution in [1.29, 1.82) is 0 Å². The summed E-state index contributed by atoms with van der Waals surface area (Å²) in [5.41, 5.74) is -0.309. The van der Waals surface area contributed by atoms with Gasteiger partial charge in [0.2, 0.25) is 0 Å². The van der Waals surface area contributed by atoms with E-state index in [1.807, 2.05) is 0 Å². The van der Waals surface area contributed by atoms with Gasteiger partial charge in [-0.3, -0.25) is 0 Å². The maximum absolute atomic E-state index is 17.0. The molecule has 1 atom stereocenters. The second-order valence-electron chi connectivity index (χ2n) is 6.97. The van der Waals surface area contributed by atoms with Crippen molar-refractivity contribution in [2.45, 2.75) is 49.9 Å². The van der Waals surface area contributed by atoms with Crippen molar-refractivity contribution >= 4 is 17.2 Å². The molecule has 1 heterocycles. The first-order chi connectivity index (χ1) is 13.0. The molecule has 0 radical (unpaired) electrons. The molecule has 0 aliphatic heterocycles. The van der Waals surface area contributed by atoms with E-state index < -0.39 is 17.1 Å². The highest BCUT2D eigenvalue weighted by Gasteiger charge is 2.56. The van der Waals surface area contributed by atoms with Crippen LogP contribution in [-0.2, 0) is 11.3 Å². The summed E-state index contributed by atoms with van der Waals surface area (Å²) in [5.74, 6) is -0.608. The van der Waals surface area contributed by atoms with E-state index in [1.54, 1.807) is 23.3 Å². The maximum atomic E-state index is 17.0. The average Bonchev–Trinajstić information content (AvgIpc) is 3.17. The van der Waals surface area contributed by atoms with Crippen LogP contribution in [-0.4, -0.2) is 27.9 Å². The van der Waals surface area contributed by atoms with Crippen molar-refractivity contribution in [3.8, 4) is 0 Å². The Morgan fingerprint density at radius 2 is 2.15 bits per heavy atom. The lowest BCUT2D eigenvalue weighted by Gasteiger charge is -2.47. The second-order valence-corrected chi connectivity index (χ2v) is 7.41. The molecule has 27 heavy (non-hydrogen) atoms. The fourth-order valence-corrected chi connectivity index (χ4v) is 4.27. The van der Waals surface area contributed by atoms with Crippen LogP contribution in [0.4, 0.5) is 8.78 Å². The molecule has 1 fully saturated rings. The van der Waals surface area contributed by atoms with E-state index in [2.05, 4.69) is 17.3 Å². The molecule has 3 rings (SSSR count). The number of hydrogen-bond donors (Lipinski definition) is 0. The Hall–Kier alpha value is -1.94. The molecule has 1 aliphatic rings. The lowest BCUT2D eigenvalue weighted by Crippen LogP contribution is -2.56. The number of benzene rings is 1. The number of imidazole rings is 1. The van der Waals surface area contributed by atoms with Gasteiger partial charge in [-0.05, 0) is 31.0 Å². The fourth-order valence-electron chi connectivity index (χ4n) is 4.11. The van der Waals surface area contributed by atoms with Crippen LogP contribution in [0.3, 0.4) is 0 Å². The third-order valence-corrected chi connectivity index (χ3v) is 5.74. The molecule has 1 aromatic heterocycles. The van der Waals surface area contributed by atoms with E-state index >= 15 is 4.39 Å². The number of aromatic nitrogens is 2. The normalized spacial score (nSPS) is 18.5. The molecule has 3 nitrogen and oxygen atoms in total. The van der Waals surface area contributed by atoms with Crippen LogP contribution in [0.1, 0.15) is 37.7 Å². The van der Waals surface area contributed by atoms with Gasteiger partial charge in [-0.2, -0.15) is 0 Å². The molecule has 144 valence electrons. The van der Waals surface area contributed by atoms with Crippen molar-refractivity contribution in [2.24, 2.45) is 0 Å². The van der Waals surface area contributed by atoms with E-state index in [0.717, 1.165) is 19.3 Å². The third-order valence-electron chi connectivity index (χ3n) is 5.51. The summed E-state index contributed by atoms with van der Waals surface area (Å²) in [5, 5.41) is 0.248. The Morgan fingerprint density at radius 1 is 1.41 bits per heavy atom. The molecule has 1 aliphatic carbocycles. The molecule has 1 aromatic carbocycles. The number of hydrogen-bond acceptors (Lipinski definition) is 2. The molecule has 2 aromatic rings. The molecular weight excluding hydrogens is 370 g/mol. The van der Waals surface area contributed by atoms with Gasteiger partial charge in [-0.1, -0.05) is 37.4 Å². The zero-order chi connectivity index (χ0) is 19.5. The molecule has 1 unspecified atom stereocenters. The van der Waals surface area contributed by atoms with E-state index in [-0.39, 0.29) is 22.7 Å². The van der Waals surface area contributed by atoms with Crippen LogP contribution in [0.5, 0.6) is 0 Å². The molecule has 6 heteroatoms. The Balaban J connectivity index is 2.17. The summed E-state index contributed by atoms with van der Waals surface area (Å²) < 4.78 is 39.2. The first-order valence-corrected chi connectivity index (χ1v) is 9.39. The van der Waals surface area contributed by atoms with Gasteiger partial charge >= 0.3 is 0 Å². The topological polar surface area (TPSA) is 27.1 Å². The molecule has 0 amide bonds. The predicted molar refractivity (Wildman–Crippen MR) is 103 cm³/mol. The second kappa shape index (κ2) is 7.97. The predicted octanol–water partition coefficient (Wildman–Crippen LogP) is 5.60. The molecule has 1 saturated carbocycles.